The van der Waals surface area contributed by atoms with Crippen LogP contribution in [0.25, 0.3) is 0 Å². The lowest BCUT2D eigenvalue weighted by molar-refractivity contribution is -0.121. The Morgan fingerprint density at radius 3 is 2.36 bits per heavy atom. The van der Waals surface area contributed by atoms with Crippen LogP contribution in [0.4, 0.5) is 10.5 Å². The van der Waals surface area contributed by atoms with Crippen molar-refractivity contribution in [1.82, 2.24) is 10.2 Å². The van der Waals surface area contributed by atoms with Gasteiger partial charge in [-0.1, -0.05) is 25.5 Å². The lowest BCUT2D eigenvalue weighted by Gasteiger charge is -2.31. The molecule has 0 unspecified atom stereocenters. The number of urea groups is 1. The zero-order chi connectivity index (χ0) is 17.6. The summed E-state index contributed by atoms with van der Waals surface area (Å²) >= 11 is 0. The second-order valence-corrected chi connectivity index (χ2v) is 7.27. The molecule has 0 spiro atoms. The Kier molecular flexibility index (Phi) is 5.95. The van der Waals surface area contributed by atoms with Gasteiger partial charge in [-0.05, 0) is 56.2 Å². The van der Waals surface area contributed by atoms with Crippen molar-refractivity contribution in [3.05, 3.63) is 29.8 Å². The molecule has 2 aliphatic rings. The van der Waals surface area contributed by atoms with Crippen molar-refractivity contribution in [2.75, 3.05) is 18.4 Å². The number of hydrogen-bond donors (Lipinski definition) is 2. The summed E-state index contributed by atoms with van der Waals surface area (Å²) in [6.45, 7) is 3.51. The van der Waals surface area contributed by atoms with Gasteiger partial charge in [0.15, 0.2) is 0 Å². The maximum atomic E-state index is 12.5. The highest BCUT2D eigenvalue weighted by atomic mass is 16.2. The molecule has 0 radical (unpaired) electrons. The molecule has 5 nitrogen and oxygen atoms in total. The SMILES string of the molecule is CCCCc1ccc(NC(=O)C2CCN(C(=O)NC3CC3)CC2)cc1. The molecule has 3 rings (SSSR count). The number of anilines is 1. The minimum absolute atomic E-state index is 0.00950. The monoisotopic (exact) mass is 343 g/mol. The molecule has 0 atom stereocenters. The van der Waals surface area contributed by atoms with E-state index in [0.29, 0.717) is 19.1 Å². The van der Waals surface area contributed by atoms with Gasteiger partial charge in [0.2, 0.25) is 5.91 Å². The first-order valence-corrected chi connectivity index (χ1v) is 9.61. The number of hydrogen-bond acceptors (Lipinski definition) is 2. The minimum atomic E-state index is -0.00950. The van der Waals surface area contributed by atoms with Gasteiger partial charge in [0.1, 0.15) is 0 Å². The number of rotatable bonds is 6. The maximum absolute atomic E-state index is 12.5. The zero-order valence-electron chi connectivity index (χ0n) is 15.1. The molecule has 3 amide bonds. The molecule has 1 aromatic rings. The molecule has 1 aliphatic heterocycles. The second kappa shape index (κ2) is 8.37. The lowest BCUT2D eigenvalue weighted by atomic mass is 9.96. The molecule has 5 heteroatoms. The number of nitrogens with zero attached hydrogens (tertiary/aromatic N) is 1. The highest BCUT2D eigenvalue weighted by Crippen LogP contribution is 2.22. The summed E-state index contributed by atoms with van der Waals surface area (Å²) in [5.41, 5.74) is 2.17. The first kappa shape index (κ1) is 17.8. The third-order valence-corrected chi connectivity index (χ3v) is 5.10. The fourth-order valence-corrected chi connectivity index (χ4v) is 3.22. The van der Waals surface area contributed by atoms with Gasteiger partial charge in [-0.3, -0.25) is 4.79 Å². The molecule has 1 saturated carbocycles. The van der Waals surface area contributed by atoms with Gasteiger partial charge in [-0.15, -0.1) is 0 Å². The van der Waals surface area contributed by atoms with E-state index >= 15 is 0 Å². The van der Waals surface area contributed by atoms with Crippen molar-refractivity contribution in [1.29, 1.82) is 0 Å². The molecule has 136 valence electrons. The Labute approximate surface area is 150 Å². The average Bonchev–Trinajstić information content (AvgIpc) is 3.45. The van der Waals surface area contributed by atoms with Crippen molar-refractivity contribution >= 4 is 17.6 Å². The van der Waals surface area contributed by atoms with E-state index in [9.17, 15) is 9.59 Å². The van der Waals surface area contributed by atoms with Crippen molar-refractivity contribution in [3.63, 3.8) is 0 Å². The van der Waals surface area contributed by atoms with Crippen molar-refractivity contribution in [3.8, 4) is 0 Å². The van der Waals surface area contributed by atoms with E-state index in [4.69, 9.17) is 0 Å². The number of carbonyl (C=O) groups excluding carboxylic acids is 2. The van der Waals surface area contributed by atoms with Crippen LogP contribution in [0.3, 0.4) is 0 Å². The van der Waals surface area contributed by atoms with E-state index in [-0.39, 0.29) is 17.9 Å². The van der Waals surface area contributed by atoms with Crippen LogP contribution in [-0.4, -0.2) is 36.0 Å². The summed E-state index contributed by atoms with van der Waals surface area (Å²) in [6, 6.07) is 8.58. The van der Waals surface area contributed by atoms with Crippen LogP contribution >= 0.6 is 0 Å². The number of aryl methyl sites for hydroxylation is 1. The topological polar surface area (TPSA) is 61.4 Å². The van der Waals surface area contributed by atoms with E-state index in [1.54, 1.807) is 0 Å². The summed E-state index contributed by atoms with van der Waals surface area (Å²) in [4.78, 5) is 26.3. The van der Waals surface area contributed by atoms with Crippen LogP contribution in [0.1, 0.15) is 51.0 Å². The normalized spacial score (nSPS) is 18.0. The molecule has 1 heterocycles. The summed E-state index contributed by atoms with van der Waals surface area (Å²) in [7, 11) is 0. The summed E-state index contributed by atoms with van der Waals surface area (Å²) in [5.74, 6) is 0.0632. The average molecular weight is 343 g/mol. The van der Waals surface area contributed by atoms with Crippen molar-refractivity contribution in [2.45, 2.75) is 57.9 Å². The quantitative estimate of drug-likeness (QED) is 0.830. The number of carbonyl (C=O) groups is 2. The number of unbranched alkanes of at least 4 members (excludes halogenated alkanes) is 1. The van der Waals surface area contributed by atoms with Gasteiger partial charge in [-0.2, -0.15) is 0 Å². The van der Waals surface area contributed by atoms with Gasteiger partial charge in [0, 0.05) is 30.7 Å². The van der Waals surface area contributed by atoms with E-state index < -0.39 is 0 Å². The van der Waals surface area contributed by atoms with E-state index in [1.165, 1.54) is 18.4 Å². The summed E-state index contributed by atoms with van der Waals surface area (Å²) in [5, 5.41) is 6.04. The summed E-state index contributed by atoms with van der Waals surface area (Å²) < 4.78 is 0. The standard InChI is InChI=1S/C20H29N3O2/c1-2-3-4-15-5-7-17(8-6-15)21-19(24)16-11-13-23(14-12-16)20(25)22-18-9-10-18/h5-8,16,18H,2-4,9-14H2,1H3,(H,21,24)(H,22,25). The maximum Gasteiger partial charge on any atom is 0.317 e. The predicted molar refractivity (Wildman–Crippen MR) is 99.5 cm³/mol. The van der Waals surface area contributed by atoms with Crippen molar-refractivity contribution in [2.24, 2.45) is 5.92 Å². The fraction of sp³-hybridized carbons (Fsp3) is 0.600. The molecule has 2 fully saturated rings. The first-order valence-electron chi connectivity index (χ1n) is 9.61. The smallest absolute Gasteiger partial charge is 0.317 e. The van der Waals surface area contributed by atoms with Gasteiger partial charge in [-0.25, -0.2) is 4.79 Å². The molecule has 1 aromatic carbocycles. The van der Waals surface area contributed by atoms with Crippen molar-refractivity contribution < 1.29 is 9.59 Å². The van der Waals surface area contributed by atoms with Crippen LogP contribution in [0.5, 0.6) is 0 Å². The van der Waals surface area contributed by atoms with Crippen LogP contribution in [0, 0.1) is 5.92 Å². The van der Waals surface area contributed by atoms with E-state index in [1.807, 2.05) is 17.0 Å². The largest absolute Gasteiger partial charge is 0.335 e. The number of amides is 3. The van der Waals surface area contributed by atoms with Gasteiger partial charge >= 0.3 is 6.03 Å². The van der Waals surface area contributed by atoms with Gasteiger partial charge < -0.3 is 15.5 Å². The Balaban J connectivity index is 1.43. The third kappa shape index (κ3) is 5.21. The number of benzene rings is 1. The second-order valence-electron chi connectivity index (χ2n) is 7.27. The van der Waals surface area contributed by atoms with Crippen LogP contribution < -0.4 is 10.6 Å². The molecule has 1 saturated heterocycles. The number of nitrogens with one attached hydrogen (secondary N) is 2. The third-order valence-electron chi connectivity index (χ3n) is 5.10. The molecular formula is C20H29N3O2. The van der Waals surface area contributed by atoms with E-state index in [0.717, 1.165) is 37.8 Å². The fourth-order valence-electron chi connectivity index (χ4n) is 3.22. The molecule has 25 heavy (non-hydrogen) atoms. The predicted octanol–water partition coefficient (Wildman–Crippen LogP) is 3.55. The molecule has 1 aliphatic carbocycles. The number of piperidine rings is 1. The van der Waals surface area contributed by atoms with Gasteiger partial charge in [0.05, 0.1) is 0 Å². The van der Waals surface area contributed by atoms with Gasteiger partial charge in [0.25, 0.3) is 0 Å². The number of likely N-dealkylation sites (tertiary alicyclic amines) is 1. The molecule has 0 bridgehead atoms. The first-order chi connectivity index (χ1) is 12.2. The Morgan fingerprint density at radius 2 is 1.76 bits per heavy atom. The molecule has 2 N–H and O–H groups in total. The van der Waals surface area contributed by atoms with Crippen LogP contribution in [0.15, 0.2) is 24.3 Å². The lowest BCUT2D eigenvalue weighted by Crippen LogP contribution is -2.46. The minimum Gasteiger partial charge on any atom is -0.335 e. The zero-order valence-corrected chi connectivity index (χ0v) is 15.1. The Bertz CT molecular complexity index is 587. The Morgan fingerprint density at radius 1 is 1.08 bits per heavy atom. The molecule has 0 aromatic heterocycles. The highest BCUT2D eigenvalue weighted by Gasteiger charge is 2.30. The van der Waals surface area contributed by atoms with E-state index in [2.05, 4.69) is 29.7 Å². The Hall–Kier alpha value is -2.04. The highest BCUT2D eigenvalue weighted by molar-refractivity contribution is 5.92. The summed E-state index contributed by atoms with van der Waals surface area (Å²) in [6.07, 6.45) is 7.14. The van der Waals surface area contributed by atoms with Crippen LogP contribution in [0.2, 0.25) is 0 Å². The van der Waals surface area contributed by atoms with Crippen LogP contribution in [-0.2, 0) is 11.2 Å². The molecular weight excluding hydrogens is 314 g/mol.